The molecule has 4 N–H and O–H groups in total. The van der Waals surface area contributed by atoms with Crippen molar-refractivity contribution in [1.29, 1.82) is 0 Å². The first-order chi connectivity index (χ1) is 17.2. The van der Waals surface area contributed by atoms with Crippen LogP contribution in [-0.2, 0) is 32.0 Å². The number of carbonyl (C=O) groups is 4. The summed E-state index contributed by atoms with van der Waals surface area (Å²) < 4.78 is 0. The van der Waals surface area contributed by atoms with E-state index < -0.39 is 23.9 Å². The third kappa shape index (κ3) is 10.3. The van der Waals surface area contributed by atoms with Crippen molar-refractivity contribution in [3.05, 3.63) is 71.8 Å². The second kappa shape index (κ2) is 14.7. The van der Waals surface area contributed by atoms with Gasteiger partial charge in [0.15, 0.2) is 0 Å². The smallest absolute Gasteiger partial charge is 0.309 e. The van der Waals surface area contributed by atoms with Crippen LogP contribution >= 0.6 is 0 Å². The zero-order valence-electron chi connectivity index (χ0n) is 21.5. The molecule has 0 radical (unpaired) electrons. The van der Waals surface area contributed by atoms with Crippen LogP contribution in [0.2, 0.25) is 0 Å². The molecule has 0 aliphatic carbocycles. The molecule has 194 valence electrons. The van der Waals surface area contributed by atoms with Crippen LogP contribution in [0.4, 0.5) is 0 Å². The highest BCUT2D eigenvalue weighted by molar-refractivity contribution is 6.36. The van der Waals surface area contributed by atoms with Gasteiger partial charge in [0.05, 0.1) is 0 Å². The van der Waals surface area contributed by atoms with Crippen LogP contribution in [0.3, 0.4) is 0 Å². The molecular formula is C28H38N4O4. The molecule has 8 nitrogen and oxygen atoms in total. The summed E-state index contributed by atoms with van der Waals surface area (Å²) in [6.45, 7) is 8.76. The topological polar surface area (TPSA) is 116 Å². The van der Waals surface area contributed by atoms with Crippen molar-refractivity contribution >= 4 is 23.6 Å². The van der Waals surface area contributed by atoms with E-state index in [0.717, 1.165) is 11.1 Å². The molecule has 8 heteroatoms. The number of carbonyl (C=O) groups excluding carboxylic acids is 4. The second-order valence-corrected chi connectivity index (χ2v) is 9.71. The zero-order chi connectivity index (χ0) is 26.5. The largest absolute Gasteiger partial charge is 0.354 e. The zero-order valence-corrected chi connectivity index (χ0v) is 21.5. The van der Waals surface area contributed by atoms with Gasteiger partial charge < -0.3 is 21.3 Å². The molecule has 36 heavy (non-hydrogen) atoms. The Morgan fingerprint density at radius 1 is 0.583 bits per heavy atom. The van der Waals surface area contributed by atoms with Gasteiger partial charge in [-0.2, -0.15) is 0 Å². The molecule has 0 bridgehead atoms. The van der Waals surface area contributed by atoms with Crippen LogP contribution in [0, 0.1) is 11.8 Å². The summed E-state index contributed by atoms with van der Waals surface area (Å²) >= 11 is 0. The van der Waals surface area contributed by atoms with Gasteiger partial charge in [0.25, 0.3) is 0 Å². The van der Waals surface area contributed by atoms with Gasteiger partial charge in [-0.15, -0.1) is 0 Å². The maximum Gasteiger partial charge on any atom is 0.309 e. The molecule has 0 fully saturated rings. The third-order valence-electron chi connectivity index (χ3n) is 5.38. The Hall–Kier alpha value is -3.68. The van der Waals surface area contributed by atoms with E-state index in [1.807, 2.05) is 88.4 Å². The van der Waals surface area contributed by atoms with Gasteiger partial charge in [-0.05, 0) is 23.0 Å². The molecule has 2 rings (SSSR count). The van der Waals surface area contributed by atoms with Crippen molar-refractivity contribution in [2.75, 3.05) is 13.1 Å². The monoisotopic (exact) mass is 494 g/mol. The van der Waals surface area contributed by atoms with E-state index in [1.165, 1.54) is 0 Å². The Bertz CT molecular complexity index is 912. The summed E-state index contributed by atoms with van der Waals surface area (Å²) in [5, 5.41) is 10.7. The predicted octanol–water partition coefficient (Wildman–Crippen LogP) is 1.99. The number of hydrogen-bond acceptors (Lipinski definition) is 4. The third-order valence-corrected chi connectivity index (χ3v) is 5.38. The van der Waals surface area contributed by atoms with Gasteiger partial charge >= 0.3 is 11.8 Å². The van der Waals surface area contributed by atoms with Crippen molar-refractivity contribution in [2.24, 2.45) is 11.8 Å². The molecular weight excluding hydrogens is 456 g/mol. The summed E-state index contributed by atoms with van der Waals surface area (Å²) in [5.41, 5.74) is 1.69. The molecule has 0 saturated heterocycles. The van der Waals surface area contributed by atoms with Crippen LogP contribution in [0.15, 0.2) is 60.7 Å². The van der Waals surface area contributed by atoms with Crippen LogP contribution in [0.5, 0.6) is 0 Å². The Balaban J connectivity index is 2.12. The molecule has 0 unspecified atom stereocenters. The first kappa shape index (κ1) is 28.6. The normalized spacial score (nSPS) is 12.5. The molecule has 2 atom stereocenters. The van der Waals surface area contributed by atoms with Crippen molar-refractivity contribution < 1.29 is 19.2 Å². The average Bonchev–Trinajstić information content (AvgIpc) is 2.86. The van der Waals surface area contributed by atoms with Crippen molar-refractivity contribution in [3.8, 4) is 0 Å². The van der Waals surface area contributed by atoms with E-state index in [9.17, 15) is 19.2 Å². The summed E-state index contributed by atoms with van der Waals surface area (Å²) in [6.07, 6.45) is 0.457. The Morgan fingerprint density at radius 3 is 1.22 bits per heavy atom. The Kier molecular flexibility index (Phi) is 11.6. The minimum absolute atomic E-state index is 0.228. The maximum atomic E-state index is 12.8. The quantitative estimate of drug-likeness (QED) is 0.338. The van der Waals surface area contributed by atoms with Gasteiger partial charge in [-0.1, -0.05) is 88.4 Å². The van der Waals surface area contributed by atoms with Crippen LogP contribution < -0.4 is 21.3 Å². The molecule has 0 aromatic heterocycles. The summed E-state index contributed by atoms with van der Waals surface area (Å²) in [5.74, 6) is -2.22. The lowest BCUT2D eigenvalue weighted by Crippen LogP contribution is -2.56. The van der Waals surface area contributed by atoms with Gasteiger partial charge in [-0.25, -0.2) is 0 Å². The number of benzene rings is 2. The number of rotatable bonds is 12. The highest BCUT2D eigenvalue weighted by Gasteiger charge is 2.28. The lowest BCUT2D eigenvalue weighted by atomic mass is 10.0. The minimum atomic E-state index is -0.967. The Morgan fingerprint density at radius 2 is 0.917 bits per heavy atom. The SMILES string of the molecule is CC(C)CNC(=O)[C@H](Cc1ccccc1)NC(=O)C(=O)N[C@@H](Cc1ccccc1)C(=O)NCC(C)C. The number of nitrogens with one attached hydrogen (secondary N) is 4. The fourth-order valence-electron chi connectivity index (χ4n) is 3.42. The summed E-state index contributed by atoms with van der Waals surface area (Å²) in [4.78, 5) is 51.3. The van der Waals surface area contributed by atoms with Crippen molar-refractivity contribution in [2.45, 2.75) is 52.6 Å². The van der Waals surface area contributed by atoms with Gasteiger partial charge in [-0.3, -0.25) is 19.2 Å². The highest BCUT2D eigenvalue weighted by Crippen LogP contribution is 2.06. The predicted molar refractivity (Wildman–Crippen MR) is 140 cm³/mol. The molecule has 0 heterocycles. The van der Waals surface area contributed by atoms with Crippen molar-refractivity contribution in [3.63, 3.8) is 0 Å². The molecule has 0 spiro atoms. The van der Waals surface area contributed by atoms with Crippen LogP contribution in [0.25, 0.3) is 0 Å². The van der Waals surface area contributed by atoms with E-state index in [-0.39, 0.29) is 36.5 Å². The highest BCUT2D eigenvalue weighted by atomic mass is 16.2. The first-order valence-corrected chi connectivity index (χ1v) is 12.4. The van der Waals surface area contributed by atoms with Crippen LogP contribution in [-0.4, -0.2) is 48.8 Å². The van der Waals surface area contributed by atoms with Gasteiger partial charge in [0.2, 0.25) is 11.8 Å². The number of hydrogen-bond donors (Lipinski definition) is 4. The van der Waals surface area contributed by atoms with E-state index in [2.05, 4.69) is 21.3 Å². The van der Waals surface area contributed by atoms with Gasteiger partial charge in [0.1, 0.15) is 12.1 Å². The molecule has 0 saturated carbocycles. The molecule has 0 aliphatic heterocycles. The lowest BCUT2D eigenvalue weighted by molar-refractivity contribution is -0.142. The second-order valence-electron chi connectivity index (χ2n) is 9.71. The van der Waals surface area contributed by atoms with Crippen LogP contribution in [0.1, 0.15) is 38.8 Å². The maximum absolute atomic E-state index is 12.8. The minimum Gasteiger partial charge on any atom is -0.354 e. The molecule has 2 aromatic rings. The van der Waals surface area contributed by atoms with E-state index >= 15 is 0 Å². The lowest BCUT2D eigenvalue weighted by Gasteiger charge is -2.21. The van der Waals surface area contributed by atoms with E-state index in [0.29, 0.717) is 13.1 Å². The molecule has 2 aromatic carbocycles. The summed E-state index contributed by atoms with van der Waals surface area (Å²) in [6, 6.07) is 16.6. The fraction of sp³-hybridized carbons (Fsp3) is 0.429. The fourth-order valence-corrected chi connectivity index (χ4v) is 3.42. The van der Waals surface area contributed by atoms with E-state index in [1.54, 1.807) is 0 Å². The van der Waals surface area contributed by atoms with Crippen molar-refractivity contribution in [1.82, 2.24) is 21.3 Å². The molecule has 0 aliphatic rings. The molecule has 4 amide bonds. The standard InChI is InChI=1S/C28H38N4O4/c1-19(2)17-29-25(33)23(15-21-11-7-5-8-12-21)31-27(35)28(36)32-24(26(34)30-18-20(3)4)16-22-13-9-6-10-14-22/h5-14,19-20,23-24H,15-18H2,1-4H3,(H,29,33)(H,30,34)(H,31,35)(H,32,36)/t23-,24-/m0/s1. The number of amides is 4. The Labute approximate surface area is 213 Å². The first-order valence-electron chi connectivity index (χ1n) is 12.4. The summed E-state index contributed by atoms with van der Waals surface area (Å²) in [7, 11) is 0. The van der Waals surface area contributed by atoms with E-state index in [4.69, 9.17) is 0 Å². The van der Waals surface area contributed by atoms with Gasteiger partial charge in [0, 0.05) is 25.9 Å². The average molecular weight is 495 g/mol.